The van der Waals surface area contributed by atoms with Crippen LogP contribution in [-0.4, -0.2) is 58.8 Å². The van der Waals surface area contributed by atoms with Gasteiger partial charge in [-0.2, -0.15) is 0 Å². The van der Waals surface area contributed by atoms with Gasteiger partial charge in [0.15, 0.2) is 0 Å². The van der Waals surface area contributed by atoms with Gasteiger partial charge in [0.25, 0.3) is 0 Å². The summed E-state index contributed by atoms with van der Waals surface area (Å²) in [5.74, 6) is -0.190. The third kappa shape index (κ3) is 3.22. The summed E-state index contributed by atoms with van der Waals surface area (Å²) >= 11 is 0. The summed E-state index contributed by atoms with van der Waals surface area (Å²) in [5, 5.41) is 1.10. The van der Waals surface area contributed by atoms with E-state index in [9.17, 15) is 9.59 Å². The molecular weight excluding hydrogens is 292 g/mol. The number of aromatic nitrogens is 1. The number of para-hydroxylation sites is 1. The zero-order valence-electron chi connectivity index (χ0n) is 13.3. The number of fused-ring (bicyclic) bond motifs is 1. The zero-order valence-corrected chi connectivity index (χ0v) is 13.3. The lowest BCUT2D eigenvalue weighted by Crippen LogP contribution is -2.54. The number of hydrogen-bond acceptors (Lipinski definition) is 3. The summed E-state index contributed by atoms with van der Waals surface area (Å²) in [6, 6.07) is 7.72. The minimum absolute atomic E-state index is 0.126. The molecule has 0 radical (unpaired) electrons. The van der Waals surface area contributed by atoms with Crippen molar-refractivity contribution < 1.29 is 9.59 Å². The van der Waals surface area contributed by atoms with Gasteiger partial charge in [0.05, 0.1) is 12.5 Å². The Morgan fingerprint density at radius 1 is 1.22 bits per heavy atom. The number of carbonyl (C=O) groups is 2. The van der Waals surface area contributed by atoms with Crippen LogP contribution < -0.4 is 5.73 Å². The second-order valence-corrected chi connectivity index (χ2v) is 6.03. The van der Waals surface area contributed by atoms with Gasteiger partial charge in [0.1, 0.15) is 0 Å². The number of aromatic amines is 1. The summed E-state index contributed by atoms with van der Waals surface area (Å²) in [6.45, 7) is 4.46. The van der Waals surface area contributed by atoms with E-state index in [1.54, 1.807) is 0 Å². The largest absolute Gasteiger partial charge is 0.368 e. The minimum atomic E-state index is -0.316. The van der Waals surface area contributed by atoms with E-state index in [1.165, 1.54) is 0 Å². The number of hydrogen-bond donors (Lipinski definition) is 2. The van der Waals surface area contributed by atoms with Gasteiger partial charge in [-0.25, -0.2) is 0 Å². The Balaban J connectivity index is 1.61. The first-order valence-electron chi connectivity index (χ1n) is 7.92. The van der Waals surface area contributed by atoms with Gasteiger partial charge in [0, 0.05) is 43.3 Å². The number of nitrogens with zero attached hydrogens (tertiary/aromatic N) is 2. The molecule has 1 atom stereocenters. The summed E-state index contributed by atoms with van der Waals surface area (Å²) in [5.41, 5.74) is 7.42. The molecule has 0 spiro atoms. The van der Waals surface area contributed by atoms with Crippen LogP contribution in [0, 0.1) is 0 Å². The van der Waals surface area contributed by atoms with Crippen molar-refractivity contribution >= 4 is 22.7 Å². The molecule has 2 heterocycles. The highest BCUT2D eigenvalue weighted by Gasteiger charge is 2.26. The fraction of sp³-hybridized carbons (Fsp3) is 0.412. The lowest BCUT2D eigenvalue weighted by Gasteiger charge is -2.37. The van der Waals surface area contributed by atoms with Gasteiger partial charge < -0.3 is 15.6 Å². The Bertz CT molecular complexity index is 716. The Hall–Kier alpha value is -2.34. The zero-order chi connectivity index (χ0) is 16.4. The van der Waals surface area contributed by atoms with Gasteiger partial charge >= 0.3 is 0 Å². The van der Waals surface area contributed by atoms with E-state index in [1.807, 2.05) is 47.2 Å². The third-order valence-corrected chi connectivity index (χ3v) is 4.64. The molecule has 0 aliphatic carbocycles. The highest BCUT2D eigenvalue weighted by Crippen LogP contribution is 2.19. The topological polar surface area (TPSA) is 82.4 Å². The molecule has 1 aliphatic rings. The number of piperazine rings is 1. The quantitative estimate of drug-likeness (QED) is 0.873. The van der Waals surface area contributed by atoms with E-state index < -0.39 is 0 Å². The van der Waals surface area contributed by atoms with Crippen molar-refractivity contribution in [3.8, 4) is 0 Å². The second-order valence-electron chi connectivity index (χ2n) is 6.03. The number of nitrogens with two attached hydrogens (primary N) is 1. The van der Waals surface area contributed by atoms with Crippen LogP contribution in [0.5, 0.6) is 0 Å². The van der Waals surface area contributed by atoms with Gasteiger partial charge in [0.2, 0.25) is 11.8 Å². The summed E-state index contributed by atoms with van der Waals surface area (Å²) in [7, 11) is 0. The highest BCUT2D eigenvalue weighted by molar-refractivity contribution is 5.89. The average molecular weight is 314 g/mol. The molecule has 0 saturated carbocycles. The molecule has 1 aromatic heterocycles. The van der Waals surface area contributed by atoms with Crippen molar-refractivity contribution in [2.24, 2.45) is 5.73 Å². The van der Waals surface area contributed by atoms with Gasteiger partial charge in [-0.3, -0.25) is 14.5 Å². The highest BCUT2D eigenvalue weighted by atomic mass is 16.2. The van der Waals surface area contributed by atoms with Crippen molar-refractivity contribution in [3.05, 3.63) is 36.0 Å². The van der Waals surface area contributed by atoms with E-state index in [0.717, 1.165) is 16.5 Å². The normalized spacial score (nSPS) is 17.3. The van der Waals surface area contributed by atoms with E-state index in [0.29, 0.717) is 32.6 Å². The lowest BCUT2D eigenvalue weighted by molar-refractivity contribution is -0.133. The standard InChI is InChI=1S/C17H22N4O2/c1-12(17(18)23)20-6-8-21(9-7-20)16(22)10-13-11-19-15-5-3-2-4-14(13)15/h2-5,11-12,19H,6-10H2,1H3,(H2,18,23). The number of amides is 2. The number of nitrogens with one attached hydrogen (secondary N) is 1. The summed E-state index contributed by atoms with van der Waals surface area (Å²) in [6.07, 6.45) is 2.31. The molecule has 3 N–H and O–H groups in total. The van der Waals surface area contributed by atoms with Crippen LogP contribution >= 0.6 is 0 Å². The molecule has 1 saturated heterocycles. The molecule has 6 heteroatoms. The molecule has 1 aromatic carbocycles. The molecule has 2 aromatic rings. The SMILES string of the molecule is CC(C(N)=O)N1CCN(C(=O)Cc2c[nH]c3ccccc23)CC1. The molecular formula is C17H22N4O2. The maximum absolute atomic E-state index is 12.5. The van der Waals surface area contributed by atoms with E-state index in [4.69, 9.17) is 5.73 Å². The minimum Gasteiger partial charge on any atom is -0.368 e. The Kier molecular flexibility index (Phi) is 4.34. The van der Waals surface area contributed by atoms with E-state index >= 15 is 0 Å². The van der Waals surface area contributed by atoms with Crippen molar-refractivity contribution in [1.82, 2.24) is 14.8 Å². The average Bonchev–Trinajstić information content (AvgIpc) is 2.97. The number of benzene rings is 1. The van der Waals surface area contributed by atoms with Crippen molar-refractivity contribution in [1.29, 1.82) is 0 Å². The molecule has 1 aliphatic heterocycles. The molecule has 122 valence electrons. The molecule has 1 fully saturated rings. The van der Waals surface area contributed by atoms with Crippen LogP contribution in [0.2, 0.25) is 0 Å². The van der Waals surface area contributed by atoms with Gasteiger partial charge in [-0.15, -0.1) is 0 Å². The second kappa shape index (κ2) is 6.42. The number of carbonyl (C=O) groups excluding carboxylic acids is 2. The van der Waals surface area contributed by atoms with Crippen LogP contribution in [0.15, 0.2) is 30.5 Å². The third-order valence-electron chi connectivity index (χ3n) is 4.64. The van der Waals surface area contributed by atoms with E-state index in [-0.39, 0.29) is 17.9 Å². The predicted octanol–water partition coefficient (Wildman–Crippen LogP) is 0.728. The monoisotopic (exact) mass is 314 g/mol. The summed E-state index contributed by atoms with van der Waals surface area (Å²) < 4.78 is 0. The van der Waals surface area contributed by atoms with Crippen LogP contribution in [0.4, 0.5) is 0 Å². The van der Waals surface area contributed by atoms with Crippen LogP contribution in [-0.2, 0) is 16.0 Å². The molecule has 1 unspecified atom stereocenters. The fourth-order valence-electron chi connectivity index (χ4n) is 3.09. The molecule has 2 amide bonds. The summed E-state index contributed by atoms with van der Waals surface area (Å²) in [4.78, 5) is 30.9. The molecule has 23 heavy (non-hydrogen) atoms. The van der Waals surface area contributed by atoms with Crippen molar-refractivity contribution in [3.63, 3.8) is 0 Å². The Morgan fingerprint density at radius 2 is 1.91 bits per heavy atom. The maximum atomic E-state index is 12.5. The number of rotatable bonds is 4. The first kappa shape index (κ1) is 15.6. The molecule has 6 nitrogen and oxygen atoms in total. The fourth-order valence-corrected chi connectivity index (χ4v) is 3.09. The Labute approximate surface area is 135 Å². The molecule has 0 bridgehead atoms. The number of primary amides is 1. The maximum Gasteiger partial charge on any atom is 0.234 e. The van der Waals surface area contributed by atoms with Crippen molar-refractivity contribution in [2.75, 3.05) is 26.2 Å². The molecule has 3 rings (SSSR count). The Morgan fingerprint density at radius 3 is 2.61 bits per heavy atom. The van der Waals surface area contributed by atoms with Crippen LogP contribution in [0.3, 0.4) is 0 Å². The van der Waals surface area contributed by atoms with Crippen LogP contribution in [0.25, 0.3) is 10.9 Å². The smallest absolute Gasteiger partial charge is 0.234 e. The first-order chi connectivity index (χ1) is 11.1. The van der Waals surface area contributed by atoms with Gasteiger partial charge in [-0.1, -0.05) is 18.2 Å². The van der Waals surface area contributed by atoms with Crippen LogP contribution in [0.1, 0.15) is 12.5 Å². The lowest BCUT2D eigenvalue weighted by atomic mass is 10.1. The van der Waals surface area contributed by atoms with Gasteiger partial charge in [-0.05, 0) is 18.6 Å². The van der Waals surface area contributed by atoms with E-state index in [2.05, 4.69) is 4.98 Å². The number of H-pyrrole nitrogens is 1. The first-order valence-corrected chi connectivity index (χ1v) is 7.92. The van der Waals surface area contributed by atoms with Crippen molar-refractivity contribution in [2.45, 2.75) is 19.4 Å². The predicted molar refractivity (Wildman–Crippen MR) is 88.8 cm³/mol.